The Morgan fingerprint density at radius 1 is 0.975 bits per heavy atom. The van der Waals surface area contributed by atoms with E-state index >= 15 is 0 Å². The maximum absolute atomic E-state index is 13.9. The van der Waals surface area contributed by atoms with Gasteiger partial charge in [0.1, 0.15) is 5.75 Å². The molecule has 0 saturated heterocycles. The van der Waals surface area contributed by atoms with Gasteiger partial charge in [0.05, 0.1) is 35.0 Å². The topological polar surface area (TPSA) is 74.8 Å². The molecule has 0 aliphatic carbocycles. The van der Waals surface area contributed by atoms with Gasteiger partial charge in [-0.15, -0.1) is 0 Å². The van der Waals surface area contributed by atoms with Crippen molar-refractivity contribution in [2.45, 2.75) is 12.5 Å². The van der Waals surface area contributed by atoms with Crippen LogP contribution in [-0.4, -0.2) is 28.7 Å². The number of methoxy groups -OCH3 is 1. The molecule has 1 aromatic heterocycles. The number of rotatable bonds is 5. The van der Waals surface area contributed by atoms with E-state index in [1.165, 1.54) is 5.01 Å². The number of ether oxygens (including phenoxy) is 1. The van der Waals surface area contributed by atoms with E-state index in [0.717, 1.165) is 26.5 Å². The lowest BCUT2D eigenvalue weighted by molar-refractivity contribution is 0.0711. The summed E-state index contributed by atoms with van der Waals surface area (Å²) >= 11 is 10.0. The number of aromatic nitrogens is 1. The third-order valence-electron chi connectivity index (χ3n) is 7.05. The minimum atomic E-state index is -0.453. The maximum atomic E-state index is 13.9. The van der Waals surface area contributed by atoms with E-state index in [9.17, 15) is 9.59 Å². The molecule has 1 aliphatic rings. The number of aromatic amines is 1. The maximum Gasteiger partial charge on any atom is 0.276 e. The molecule has 0 spiro atoms. The predicted octanol–water partition coefficient (Wildman–Crippen LogP) is 7.61. The van der Waals surface area contributed by atoms with Gasteiger partial charge in [0.15, 0.2) is 0 Å². The molecule has 1 amide bonds. The van der Waals surface area contributed by atoms with Crippen molar-refractivity contribution in [3.63, 3.8) is 0 Å². The highest BCUT2D eigenvalue weighted by Gasteiger charge is 2.36. The monoisotopic (exact) mass is 611 g/mol. The fraction of sp³-hybridized carbons (Fsp3) is 0.0938. The first-order chi connectivity index (χ1) is 19.4. The second-order valence-corrected chi connectivity index (χ2v) is 10.8. The zero-order chi connectivity index (χ0) is 27.8. The Labute approximate surface area is 244 Å². The molecule has 2 heterocycles. The minimum Gasteiger partial charge on any atom is -0.497 e. The number of halogens is 2. The predicted molar refractivity (Wildman–Crippen MR) is 162 cm³/mol. The number of carbonyl (C=O) groups excluding carboxylic acids is 1. The number of fused-ring (bicyclic) bond motifs is 1. The molecule has 1 aliphatic heterocycles. The first kappa shape index (κ1) is 26.0. The molecule has 1 atom stereocenters. The van der Waals surface area contributed by atoms with Gasteiger partial charge in [0.2, 0.25) is 0 Å². The van der Waals surface area contributed by atoms with E-state index in [0.29, 0.717) is 39.5 Å². The van der Waals surface area contributed by atoms with Crippen LogP contribution in [0.4, 0.5) is 0 Å². The summed E-state index contributed by atoms with van der Waals surface area (Å²) in [7, 11) is 1.61. The largest absolute Gasteiger partial charge is 0.497 e. The normalized spacial score (nSPS) is 14.8. The molecule has 0 radical (unpaired) electrons. The van der Waals surface area contributed by atoms with E-state index in [-0.39, 0.29) is 11.5 Å². The van der Waals surface area contributed by atoms with E-state index in [1.807, 2.05) is 72.8 Å². The Morgan fingerprint density at radius 2 is 1.70 bits per heavy atom. The third kappa shape index (κ3) is 4.72. The molecule has 1 unspecified atom stereocenters. The summed E-state index contributed by atoms with van der Waals surface area (Å²) in [6, 6.07) is 29.5. The van der Waals surface area contributed by atoms with Gasteiger partial charge in [-0.25, -0.2) is 5.01 Å². The van der Waals surface area contributed by atoms with Crippen LogP contribution in [0, 0.1) is 0 Å². The van der Waals surface area contributed by atoms with Crippen molar-refractivity contribution in [2.24, 2.45) is 5.10 Å². The summed E-state index contributed by atoms with van der Waals surface area (Å²) in [6.45, 7) is 0. The van der Waals surface area contributed by atoms with Crippen molar-refractivity contribution >= 4 is 50.1 Å². The molecule has 40 heavy (non-hydrogen) atoms. The summed E-state index contributed by atoms with van der Waals surface area (Å²) in [5.41, 5.74) is 4.24. The Kier molecular flexibility index (Phi) is 7.00. The highest BCUT2D eigenvalue weighted by atomic mass is 79.9. The molecule has 0 fully saturated rings. The van der Waals surface area contributed by atoms with Gasteiger partial charge in [-0.2, -0.15) is 5.10 Å². The van der Waals surface area contributed by atoms with Gasteiger partial charge in [0.25, 0.3) is 11.5 Å². The van der Waals surface area contributed by atoms with Crippen LogP contribution in [0.1, 0.15) is 33.9 Å². The van der Waals surface area contributed by atoms with Gasteiger partial charge >= 0.3 is 0 Å². The third-order valence-corrected chi connectivity index (χ3v) is 7.87. The van der Waals surface area contributed by atoms with Crippen LogP contribution >= 0.6 is 27.5 Å². The highest BCUT2D eigenvalue weighted by molar-refractivity contribution is 9.10. The molecular weight excluding hydrogens is 590 g/mol. The first-order valence-electron chi connectivity index (χ1n) is 12.7. The molecule has 8 heteroatoms. The van der Waals surface area contributed by atoms with E-state index in [1.54, 1.807) is 31.4 Å². The summed E-state index contributed by atoms with van der Waals surface area (Å²) in [6.07, 6.45) is 0.338. The van der Waals surface area contributed by atoms with Crippen LogP contribution in [-0.2, 0) is 0 Å². The average Bonchev–Trinajstić information content (AvgIpc) is 3.42. The number of H-pyrrole nitrogens is 1. The van der Waals surface area contributed by atoms with E-state index < -0.39 is 6.04 Å². The molecule has 1 N–H and O–H groups in total. The lowest BCUT2D eigenvalue weighted by Crippen LogP contribution is -2.27. The lowest BCUT2D eigenvalue weighted by atomic mass is 9.91. The van der Waals surface area contributed by atoms with Crippen molar-refractivity contribution in [2.75, 3.05) is 7.11 Å². The zero-order valence-corrected chi connectivity index (χ0v) is 23.7. The van der Waals surface area contributed by atoms with Crippen molar-refractivity contribution < 1.29 is 9.53 Å². The second-order valence-electron chi connectivity index (χ2n) is 9.43. The Bertz CT molecular complexity index is 1840. The van der Waals surface area contributed by atoms with Crippen LogP contribution in [0.25, 0.3) is 22.0 Å². The van der Waals surface area contributed by atoms with Crippen molar-refractivity contribution in [1.29, 1.82) is 0 Å². The van der Waals surface area contributed by atoms with Gasteiger partial charge in [-0.3, -0.25) is 9.59 Å². The van der Waals surface area contributed by atoms with E-state index in [4.69, 9.17) is 21.4 Å². The number of pyridine rings is 1. The standard InChI is InChI=1S/C32H23BrClN3O3/c1-40-22-14-11-19(12-15-22)28-18-27(36-37(28)32(39)23-9-5-6-10-25(23)34)30-29(20-7-3-2-4-8-20)24-17-21(33)13-16-26(24)35-31(30)38/h2-17,28H,18H2,1H3,(H,35,38). The second kappa shape index (κ2) is 10.8. The Hall–Kier alpha value is -4.20. The summed E-state index contributed by atoms with van der Waals surface area (Å²) < 4.78 is 6.22. The molecule has 4 aromatic carbocycles. The highest BCUT2D eigenvalue weighted by Crippen LogP contribution is 2.39. The molecule has 0 bridgehead atoms. The lowest BCUT2D eigenvalue weighted by Gasteiger charge is -2.22. The van der Waals surface area contributed by atoms with Gasteiger partial charge < -0.3 is 9.72 Å². The van der Waals surface area contributed by atoms with E-state index in [2.05, 4.69) is 20.9 Å². The van der Waals surface area contributed by atoms with Gasteiger partial charge in [0, 0.05) is 27.4 Å². The minimum absolute atomic E-state index is 0.270. The van der Waals surface area contributed by atoms with Gasteiger partial charge in [-0.05, 0) is 53.6 Å². The molecular formula is C32H23BrClN3O3. The average molecular weight is 613 g/mol. The fourth-order valence-corrected chi connectivity index (χ4v) is 5.72. The fourth-order valence-electron chi connectivity index (χ4n) is 5.14. The smallest absolute Gasteiger partial charge is 0.276 e. The van der Waals surface area contributed by atoms with Crippen molar-refractivity contribution in [3.05, 3.63) is 134 Å². The van der Waals surface area contributed by atoms with Crippen LogP contribution in [0.15, 0.2) is 111 Å². The number of hydrazone groups is 1. The van der Waals surface area contributed by atoms with Crippen LogP contribution in [0.2, 0.25) is 5.02 Å². The van der Waals surface area contributed by atoms with Crippen LogP contribution in [0.3, 0.4) is 0 Å². The Balaban J connectivity index is 1.57. The van der Waals surface area contributed by atoms with Crippen LogP contribution in [0.5, 0.6) is 5.75 Å². The molecule has 5 aromatic rings. The quantitative estimate of drug-likeness (QED) is 0.222. The number of hydrogen-bond donors (Lipinski definition) is 1. The number of benzene rings is 4. The molecule has 6 rings (SSSR count). The number of nitrogens with zero attached hydrogens (tertiary/aromatic N) is 2. The summed E-state index contributed by atoms with van der Waals surface area (Å²) in [5, 5.41) is 7.48. The number of hydrogen-bond acceptors (Lipinski definition) is 4. The summed E-state index contributed by atoms with van der Waals surface area (Å²) in [4.78, 5) is 30.6. The molecule has 198 valence electrons. The van der Waals surface area contributed by atoms with Crippen molar-refractivity contribution in [3.8, 4) is 16.9 Å². The number of nitrogens with one attached hydrogen (secondary N) is 1. The summed E-state index contributed by atoms with van der Waals surface area (Å²) in [5.74, 6) is 0.359. The zero-order valence-electron chi connectivity index (χ0n) is 21.4. The number of carbonyl (C=O) groups is 1. The molecule has 6 nitrogen and oxygen atoms in total. The first-order valence-corrected chi connectivity index (χ1v) is 13.8. The molecule has 0 saturated carbocycles. The van der Waals surface area contributed by atoms with Gasteiger partial charge in [-0.1, -0.05) is 82.1 Å². The SMILES string of the molecule is COc1ccc(C2CC(c3c(-c4ccccc4)c4cc(Br)ccc4[nH]c3=O)=NN2C(=O)c2ccccc2Cl)cc1. The van der Waals surface area contributed by atoms with Crippen molar-refractivity contribution in [1.82, 2.24) is 9.99 Å². The Morgan fingerprint density at radius 3 is 2.42 bits per heavy atom. The number of amides is 1. The van der Waals surface area contributed by atoms with Crippen LogP contribution < -0.4 is 10.3 Å².